The van der Waals surface area contributed by atoms with Gasteiger partial charge in [-0.25, -0.2) is 4.98 Å². The second kappa shape index (κ2) is 9.32. The largest absolute Gasteiger partial charge is 0.377 e. The quantitative estimate of drug-likeness (QED) is 0.745. The number of hydrogen-bond donors (Lipinski definition) is 2. The molecule has 0 bridgehead atoms. The van der Waals surface area contributed by atoms with E-state index in [9.17, 15) is 4.79 Å². The van der Waals surface area contributed by atoms with Crippen molar-refractivity contribution < 1.29 is 9.53 Å². The van der Waals surface area contributed by atoms with Crippen molar-refractivity contribution in [1.82, 2.24) is 15.2 Å². The molecule has 1 aliphatic rings. The van der Waals surface area contributed by atoms with E-state index in [2.05, 4.69) is 29.0 Å². The maximum absolute atomic E-state index is 12.2. The number of nitrogens with two attached hydrogens (primary N) is 1. The summed E-state index contributed by atoms with van der Waals surface area (Å²) >= 11 is 1.50. The highest BCUT2D eigenvalue weighted by atomic mass is 32.1. The number of thiazole rings is 1. The molecule has 0 atom stereocenters. The summed E-state index contributed by atoms with van der Waals surface area (Å²) in [4.78, 5) is 19.0. The lowest BCUT2D eigenvalue weighted by Crippen LogP contribution is -2.45. The van der Waals surface area contributed by atoms with Gasteiger partial charge in [-0.2, -0.15) is 0 Å². The van der Waals surface area contributed by atoms with Gasteiger partial charge < -0.3 is 20.7 Å². The Morgan fingerprint density at radius 3 is 2.91 bits per heavy atom. The Morgan fingerprint density at radius 2 is 2.26 bits per heavy atom. The van der Waals surface area contributed by atoms with Crippen LogP contribution in [0.5, 0.6) is 0 Å². The summed E-state index contributed by atoms with van der Waals surface area (Å²) in [5.74, 6) is -0.0638. The minimum absolute atomic E-state index is 0.0638. The number of carbonyl (C=O) groups excluding carboxylic acids is 1. The molecule has 0 radical (unpaired) electrons. The van der Waals surface area contributed by atoms with Crippen LogP contribution in [0.2, 0.25) is 0 Å². The first-order valence-electron chi connectivity index (χ1n) is 8.37. The highest BCUT2D eigenvalue weighted by Gasteiger charge is 2.22. The van der Waals surface area contributed by atoms with E-state index < -0.39 is 0 Å². The molecular formula is C16H28N4O2S. The second-order valence-corrected chi connectivity index (χ2v) is 7.12. The zero-order valence-corrected chi connectivity index (χ0v) is 14.9. The summed E-state index contributed by atoms with van der Waals surface area (Å²) in [6.07, 6.45) is 2.98. The van der Waals surface area contributed by atoms with E-state index in [0.717, 1.165) is 50.5 Å². The highest BCUT2D eigenvalue weighted by molar-refractivity contribution is 7.09. The standard InChI is InChI=1S/C16H28N4O2S/c1-12(2)22-10-9-20-7-4-13(5-8-20)18-16(21)14-11-23-15(19-14)3-6-17/h11-13H,3-10,17H2,1-2H3,(H,18,21). The van der Waals surface area contributed by atoms with Crippen molar-refractivity contribution in [2.75, 3.05) is 32.8 Å². The topological polar surface area (TPSA) is 80.5 Å². The number of aromatic nitrogens is 1. The molecule has 1 fully saturated rings. The Kier molecular flexibility index (Phi) is 7.42. The predicted molar refractivity (Wildman–Crippen MR) is 92.9 cm³/mol. The molecule has 0 unspecified atom stereocenters. The van der Waals surface area contributed by atoms with E-state index in [1.54, 1.807) is 0 Å². The maximum Gasteiger partial charge on any atom is 0.270 e. The molecular weight excluding hydrogens is 312 g/mol. The van der Waals surface area contributed by atoms with Crippen LogP contribution >= 0.6 is 11.3 Å². The number of nitrogens with zero attached hydrogens (tertiary/aromatic N) is 2. The van der Waals surface area contributed by atoms with E-state index in [0.29, 0.717) is 12.2 Å². The summed E-state index contributed by atoms with van der Waals surface area (Å²) in [5, 5.41) is 5.85. The van der Waals surface area contributed by atoms with Crippen LogP contribution in [0, 0.1) is 0 Å². The molecule has 23 heavy (non-hydrogen) atoms. The van der Waals surface area contributed by atoms with Gasteiger partial charge in [-0.15, -0.1) is 11.3 Å². The Balaban J connectivity index is 1.69. The number of amides is 1. The molecule has 3 N–H and O–H groups in total. The number of likely N-dealkylation sites (tertiary alicyclic amines) is 1. The summed E-state index contributed by atoms with van der Waals surface area (Å²) in [6.45, 7) is 8.42. The molecule has 1 aliphatic heterocycles. The SMILES string of the molecule is CC(C)OCCN1CCC(NC(=O)c2csc(CCN)n2)CC1. The normalized spacial score (nSPS) is 16.9. The van der Waals surface area contributed by atoms with Crippen LogP contribution in [0.4, 0.5) is 0 Å². The number of hydrogen-bond acceptors (Lipinski definition) is 6. The van der Waals surface area contributed by atoms with Gasteiger partial charge in [0, 0.05) is 37.5 Å². The third kappa shape index (κ3) is 6.18. The van der Waals surface area contributed by atoms with Crippen LogP contribution in [-0.2, 0) is 11.2 Å². The fourth-order valence-corrected chi connectivity index (χ4v) is 3.43. The summed E-state index contributed by atoms with van der Waals surface area (Å²) in [5.41, 5.74) is 6.03. The van der Waals surface area contributed by atoms with E-state index in [1.807, 2.05) is 5.38 Å². The van der Waals surface area contributed by atoms with Gasteiger partial charge in [0.1, 0.15) is 5.69 Å². The van der Waals surface area contributed by atoms with Crippen LogP contribution in [0.25, 0.3) is 0 Å². The minimum atomic E-state index is -0.0638. The smallest absolute Gasteiger partial charge is 0.270 e. The van der Waals surface area contributed by atoms with Gasteiger partial charge in [-0.3, -0.25) is 4.79 Å². The zero-order valence-electron chi connectivity index (χ0n) is 14.1. The van der Waals surface area contributed by atoms with Crippen LogP contribution in [-0.4, -0.2) is 60.7 Å². The van der Waals surface area contributed by atoms with Crippen LogP contribution in [0.1, 0.15) is 42.2 Å². The van der Waals surface area contributed by atoms with Gasteiger partial charge in [-0.05, 0) is 33.2 Å². The van der Waals surface area contributed by atoms with Gasteiger partial charge in [0.15, 0.2) is 0 Å². The maximum atomic E-state index is 12.2. The molecule has 1 aromatic rings. The van der Waals surface area contributed by atoms with Crippen molar-refractivity contribution in [3.05, 3.63) is 16.1 Å². The lowest BCUT2D eigenvalue weighted by molar-refractivity contribution is 0.0520. The molecule has 1 aromatic heterocycles. The Bertz CT molecular complexity index is 484. The summed E-state index contributed by atoms with van der Waals surface area (Å²) < 4.78 is 5.59. The first kappa shape index (κ1) is 18.3. The lowest BCUT2D eigenvalue weighted by atomic mass is 10.0. The van der Waals surface area contributed by atoms with E-state index in [-0.39, 0.29) is 18.1 Å². The molecule has 130 valence electrons. The number of ether oxygens (including phenoxy) is 1. The van der Waals surface area contributed by atoms with Crippen molar-refractivity contribution in [2.45, 2.75) is 45.3 Å². The molecule has 1 saturated heterocycles. The Hall–Kier alpha value is -1.02. The van der Waals surface area contributed by atoms with Crippen molar-refractivity contribution in [3.63, 3.8) is 0 Å². The van der Waals surface area contributed by atoms with Crippen LogP contribution in [0.3, 0.4) is 0 Å². The minimum Gasteiger partial charge on any atom is -0.377 e. The fraction of sp³-hybridized carbons (Fsp3) is 0.750. The summed E-state index contributed by atoms with van der Waals surface area (Å²) in [7, 11) is 0. The molecule has 2 rings (SSSR count). The monoisotopic (exact) mass is 340 g/mol. The lowest BCUT2D eigenvalue weighted by Gasteiger charge is -2.32. The average molecular weight is 340 g/mol. The number of rotatable bonds is 8. The Labute approximate surface area is 142 Å². The van der Waals surface area contributed by atoms with Crippen LogP contribution < -0.4 is 11.1 Å². The van der Waals surface area contributed by atoms with E-state index in [4.69, 9.17) is 10.5 Å². The molecule has 2 heterocycles. The highest BCUT2D eigenvalue weighted by Crippen LogP contribution is 2.13. The van der Waals surface area contributed by atoms with E-state index in [1.165, 1.54) is 11.3 Å². The molecule has 7 heteroatoms. The number of piperidine rings is 1. The molecule has 1 amide bonds. The number of carbonyl (C=O) groups is 1. The molecule has 0 spiro atoms. The third-order valence-electron chi connectivity index (χ3n) is 3.92. The average Bonchev–Trinajstić information content (AvgIpc) is 2.98. The molecule has 0 saturated carbocycles. The van der Waals surface area contributed by atoms with E-state index >= 15 is 0 Å². The third-order valence-corrected chi connectivity index (χ3v) is 4.83. The van der Waals surface area contributed by atoms with Gasteiger partial charge in [-0.1, -0.05) is 0 Å². The predicted octanol–water partition coefficient (Wildman–Crippen LogP) is 1.26. The van der Waals surface area contributed by atoms with Gasteiger partial charge in [0.25, 0.3) is 5.91 Å². The number of nitrogens with one attached hydrogen (secondary N) is 1. The summed E-state index contributed by atoms with van der Waals surface area (Å²) in [6, 6.07) is 0.240. The fourth-order valence-electron chi connectivity index (χ4n) is 2.63. The molecule has 0 aromatic carbocycles. The van der Waals surface area contributed by atoms with Crippen molar-refractivity contribution >= 4 is 17.2 Å². The van der Waals surface area contributed by atoms with Gasteiger partial charge >= 0.3 is 0 Å². The second-order valence-electron chi connectivity index (χ2n) is 6.17. The van der Waals surface area contributed by atoms with Crippen molar-refractivity contribution in [1.29, 1.82) is 0 Å². The zero-order chi connectivity index (χ0) is 16.7. The first-order chi connectivity index (χ1) is 11.1. The van der Waals surface area contributed by atoms with Crippen LogP contribution in [0.15, 0.2) is 5.38 Å². The van der Waals surface area contributed by atoms with Crippen molar-refractivity contribution in [2.24, 2.45) is 5.73 Å². The first-order valence-corrected chi connectivity index (χ1v) is 9.25. The Morgan fingerprint density at radius 1 is 1.52 bits per heavy atom. The van der Waals surface area contributed by atoms with Gasteiger partial charge in [0.05, 0.1) is 17.7 Å². The van der Waals surface area contributed by atoms with Gasteiger partial charge in [0.2, 0.25) is 0 Å². The molecule has 0 aliphatic carbocycles. The van der Waals surface area contributed by atoms with Crippen molar-refractivity contribution in [3.8, 4) is 0 Å². The molecule has 6 nitrogen and oxygen atoms in total.